The van der Waals surface area contributed by atoms with Gasteiger partial charge in [-0.2, -0.15) is 0 Å². The van der Waals surface area contributed by atoms with Gasteiger partial charge in [0.15, 0.2) is 0 Å². The molecule has 2 rings (SSSR count). The highest BCUT2D eigenvalue weighted by atomic mass is 35.5. The van der Waals surface area contributed by atoms with Crippen LogP contribution >= 0.6 is 23.2 Å². The minimum atomic E-state index is -0.397. The number of benzene rings is 1. The molecule has 114 valence electrons. The van der Waals surface area contributed by atoms with Crippen molar-refractivity contribution < 1.29 is 9.59 Å². The van der Waals surface area contributed by atoms with E-state index in [4.69, 9.17) is 23.2 Å². The fourth-order valence-electron chi connectivity index (χ4n) is 1.65. The quantitative estimate of drug-likeness (QED) is 0.880. The summed E-state index contributed by atoms with van der Waals surface area (Å²) in [6.45, 7) is 0.175. The molecule has 0 unspecified atom stereocenters. The maximum atomic E-state index is 11.9. The van der Waals surface area contributed by atoms with E-state index in [1.165, 1.54) is 18.2 Å². The summed E-state index contributed by atoms with van der Waals surface area (Å²) >= 11 is 11.6. The molecule has 0 aliphatic heterocycles. The van der Waals surface area contributed by atoms with Crippen molar-refractivity contribution in [2.24, 2.45) is 0 Å². The van der Waals surface area contributed by atoms with Gasteiger partial charge in [0.25, 0.3) is 5.91 Å². The maximum Gasteiger partial charge on any atom is 0.251 e. The summed E-state index contributed by atoms with van der Waals surface area (Å²) in [6.07, 6.45) is 1.65. The summed E-state index contributed by atoms with van der Waals surface area (Å²) in [5.74, 6) is -0.703. The number of nitrogens with zero attached hydrogens (tertiary/aromatic N) is 1. The molecular formula is C15H13Cl2N3O2. The summed E-state index contributed by atoms with van der Waals surface area (Å²) in [5.41, 5.74) is 1.08. The molecule has 1 heterocycles. The van der Waals surface area contributed by atoms with Crippen molar-refractivity contribution in [1.29, 1.82) is 0 Å². The van der Waals surface area contributed by atoms with E-state index in [9.17, 15) is 9.59 Å². The third-order valence-electron chi connectivity index (χ3n) is 2.78. The first-order valence-corrected chi connectivity index (χ1v) is 7.21. The van der Waals surface area contributed by atoms with E-state index in [1.807, 2.05) is 6.07 Å². The smallest absolute Gasteiger partial charge is 0.251 e. The zero-order chi connectivity index (χ0) is 15.9. The molecule has 0 bridgehead atoms. The zero-order valence-electron chi connectivity index (χ0n) is 11.5. The van der Waals surface area contributed by atoms with Crippen LogP contribution < -0.4 is 10.6 Å². The number of carbonyl (C=O) groups excluding carboxylic acids is 2. The summed E-state index contributed by atoms with van der Waals surface area (Å²) in [7, 11) is 0. The Kier molecular flexibility index (Phi) is 5.75. The molecule has 2 amide bonds. The average Bonchev–Trinajstić information content (AvgIpc) is 2.54. The first kappa shape index (κ1) is 16.3. The Morgan fingerprint density at radius 3 is 2.55 bits per heavy atom. The van der Waals surface area contributed by atoms with E-state index >= 15 is 0 Å². The number of amides is 2. The van der Waals surface area contributed by atoms with Crippen LogP contribution in [0, 0.1) is 0 Å². The Balaban J connectivity index is 1.80. The molecule has 0 atom stereocenters. The van der Waals surface area contributed by atoms with Gasteiger partial charge in [-0.1, -0.05) is 29.3 Å². The Morgan fingerprint density at radius 2 is 1.86 bits per heavy atom. The van der Waals surface area contributed by atoms with Crippen molar-refractivity contribution in [3.63, 3.8) is 0 Å². The van der Waals surface area contributed by atoms with Crippen LogP contribution in [0.15, 0.2) is 42.6 Å². The molecule has 0 aliphatic rings. The second-order valence-electron chi connectivity index (χ2n) is 4.41. The fraction of sp³-hybridized carbons (Fsp3) is 0.133. The first-order valence-electron chi connectivity index (χ1n) is 6.46. The van der Waals surface area contributed by atoms with Gasteiger partial charge in [-0.3, -0.25) is 14.6 Å². The Labute approximate surface area is 137 Å². The molecular weight excluding hydrogens is 325 g/mol. The molecule has 2 aromatic rings. The SMILES string of the molecule is O=C(CNC(=O)c1ccc(Cl)c(Cl)c1)NCc1ccccn1. The van der Waals surface area contributed by atoms with E-state index in [0.717, 1.165) is 5.69 Å². The van der Waals surface area contributed by atoms with Crippen molar-refractivity contribution in [2.45, 2.75) is 6.54 Å². The second-order valence-corrected chi connectivity index (χ2v) is 5.22. The van der Waals surface area contributed by atoms with Crippen molar-refractivity contribution in [3.8, 4) is 0 Å². The number of rotatable bonds is 5. The Morgan fingerprint density at radius 1 is 1.05 bits per heavy atom. The molecule has 0 saturated heterocycles. The standard InChI is InChI=1S/C15H13Cl2N3O2/c16-12-5-4-10(7-13(12)17)15(22)20-9-14(21)19-8-11-3-1-2-6-18-11/h1-7H,8-9H2,(H,19,21)(H,20,22). The topological polar surface area (TPSA) is 71.1 Å². The molecule has 1 aromatic heterocycles. The third-order valence-corrected chi connectivity index (χ3v) is 3.52. The summed E-state index contributed by atoms with van der Waals surface area (Å²) < 4.78 is 0. The van der Waals surface area contributed by atoms with Crippen LogP contribution in [0.3, 0.4) is 0 Å². The molecule has 0 spiro atoms. The lowest BCUT2D eigenvalue weighted by Gasteiger charge is -2.07. The van der Waals surface area contributed by atoms with Crippen molar-refractivity contribution in [1.82, 2.24) is 15.6 Å². The Bertz CT molecular complexity index is 678. The highest BCUT2D eigenvalue weighted by Crippen LogP contribution is 2.22. The van der Waals surface area contributed by atoms with Crippen LogP contribution in [0.25, 0.3) is 0 Å². The third kappa shape index (κ3) is 4.72. The summed E-state index contributed by atoms with van der Waals surface area (Å²) in [4.78, 5) is 27.6. The lowest BCUT2D eigenvalue weighted by atomic mass is 10.2. The van der Waals surface area contributed by atoms with Gasteiger partial charge in [-0.15, -0.1) is 0 Å². The molecule has 7 heteroatoms. The van der Waals surface area contributed by atoms with Crippen LogP contribution in [0.4, 0.5) is 0 Å². The van der Waals surface area contributed by atoms with Gasteiger partial charge in [0.05, 0.1) is 28.8 Å². The maximum absolute atomic E-state index is 11.9. The number of carbonyl (C=O) groups is 2. The van der Waals surface area contributed by atoms with E-state index in [1.54, 1.807) is 18.3 Å². The minimum Gasteiger partial charge on any atom is -0.349 e. The number of hydrogen-bond acceptors (Lipinski definition) is 3. The first-order chi connectivity index (χ1) is 10.6. The number of halogens is 2. The normalized spacial score (nSPS) is 10.1. The van der Waals surface area contributed by atoms with Crippen LogP contribution in [0.2, 0.25) is 10.0 Å². The highest BCUT2D eigenvalue weighted by Gasteiger charge is 2.09. The molecule has 0 aliphatic carbocycles. The van der Waals surface area contributed by atoms with Crippen molar-refractivity contribution >= 4 is 35.0 Å². The predicted molar refractivity (Wildman–Crippen MR) is 84.9 cm³/mol. The van der Waals surface area contributed by atoms with E-state index in [-0.39, 0.29) is 17.5 Å². The van der Waals surface area contributed by atoms with Gasteiger partial charge >= 0.3 is 0 Å². The van der Waals surface area contributed by atoms with Gasteiger partial charge in [0, 0.05) is 11.8 Å². The predicted octanol–water partition coefficient (Wildman–Crippen LogP) is 2.43. The van der Waals surface area contributed by atoms with Gasteiger partial charge in [-0.25, -0.2) is 0 Å². The van der Waals surface area contributed by atoms with Crippen LogP contribution in [0.1, 0.15) is 16.1 Å². The van der Waals surface area contributed by atoms with E-state index in [2.05, 4.69) is 15.6 Å². The largest absolute Gasteiger partial charge is 0.349 e. The molecule has 2 N–H and O–H groups in total. The lowest BCUT2D eigenvalue weighted by molar-refractivity contribution is -0.120. The van der Waals surface area contributed by atoms with Gasteiger partial charge in [-0.05, 0) is 30.3 Å². The van der Waals surface area contributed by atoms with Crippen LogP contribution in [-0.2, 0) is 11.3 Å². The summed E-state index contributed by atoms with van der Waals surface area (Å²) in [5, 5.41) is 5.82. The Hall–Kier alpha value is -2.11. The van der Waals surface area contributed by atoms with E-state index < -0.39 is 5.91 Å². The lowest BCUT2D eigenvalue weighted by Crippen LogP contribution is -2.36. The molecule has 22 heavy (non-hydrogen) atoms. The average molecular weight is 338 g/mol. The molecule has 0 fully saturated rings. The monoisotopic (exact) mass is 337 g/mol. The van der Waals surface area contributed by atoms with Gasteiger partial charge < -0.3 is 10.6 Å². The summed E-state index contributed by atoms with van der Waals surface area (Å²) in [6, 6.07) is 9.94. The fourth-order valence-corrected chi connectivity index (χ4v) is 1.95. The number of nitrogens with one attached hydrogen (secondary N) is 2. The van der Waals surface area contributed by atoms with Crippen LogP contribution in [0.5, 0.6) is 0 Å². The zero-order valence-corrected chi connectivity index (χ0v) is 13.0. The van der Waals surface area contributed by atoms with E-state index in [0.29, 0.717) is 17.1 Å². The van der Waals surface area contributed by atoms with Crippen molar-refractivity contribution in [2.75, 3.05) is 6.54 Å². The molecule has 1 aromatic carbocycles. The van der Waals surface area contributed by atoms with Crippen molar-refractivity contribution in [3.05, 3.63) is 63.9 Å². The number of aromatic nitrogens is 1. The molecule has 0 radical (unpaired) electrons. The van der Waals surface area contributed by atoms with Gasteiger partial charge in [0.1, 0.15) is 0 Å². The van der Waals surface area contributed by atoms with Gasteiger partial charge in [0.2, 0.25) is 5.91 Å². The molecule has 5 nitrogen and oxygen atoms in total. The minimum absolute atomic E-state index is 0.133. The second kappa shape index (κ2) is 7.77. The molecule has 0 saturated carbocycles. The van der Waals surface area contributed by atoms with Crippen LogP contribution in [-0.4, -0.2) is 23.3 Å². The number of pyridine rings is 1. The highest BCUT2D eigenvalue weighted by molar-refractivity contribution is 6.42. The number of hydrogen-bond donors (Lipinski definition) is 2.